The molecule has 1 heterocycles. The van der Waals surface area contributed by atoms with E-state index < -0.39 is 5.92 Å². The van der Waals surface area contributed by atoms with Gasteiger partial charge in [-0.1, -0.05) is 12.1 Å². The summed E-state index contributed by atoms with van der Waals surface area (Å²) in [5.74, 6) is -1.64. The van der Waals surface area contributed by atoms with Gasteiger partial charge in [0, 0.05) is 31.6 Å². The van der Waals surface area contributed by atoms with Crippen molar-refractivity contribution in [3.8, 4) is 5.75 Å². The van der Waals surface area contributed by atoms with Crippen LogP contribution in [0.3, 0.4) is 0 Å². The lowest BCUT2D eigenvalue weighted by molar-refractivity contribution is -0.126. The predicted molar refractivity (Wildman–Crippen MR) is 75.9 cm³/mol. The van der Waals surface area contributed by atoms with Crippen LogP contribution in [0.15, 0.2) is 18.2 Å². The topological polar surface area (TPSA) is 26.3 Å². The van der Waals surface area contributed by atoms with Gasteiger partial charge in [-0.15, -0.1) is 0 Å². The number of fused-ring (bicyclic) bond motifs is 1. The van der Waals surface area contributed by atoms with Crippen LogP contribution in [-0.4, -0.2) is 18.3 Å². The van der Waals surface area contributed by atoms with E-state index in [0.717, 1.165) is 24.3 Å². The lowest BCUT2D eigenvalue weighted by atomic mass is 9.82. The van der Waals surface area contributed by atoms with Gasteiger partial charge >= 0.3 is 0 Å². The molecule has 0 spiro atoms. The van der Waals surface area contributed by atoms with Gasteiger partial charge in [-0.3, -0.25) is 4.79 Å². The van der Waals surface area contributed by atoms with Crippen molar-refractivity contribution in [2.24, 2.45) is 5.92 Å². The molecule has 0 aromatic heterocycles. The molecule has 1 aromatic rings. The summed E-state index contributed by atoms with van der Waals surface area (Å²) < 4.78 is 31.6. The lowest BCUT2D eigenvalue weighted by Crippen LogP contribution is -2.28. The van der Waals surface area contributed by atoms with Crippen LogP contribution in [0.2, 0.25) is 0 Å². The van der Waals surface area contributed by atoms with Crippen molar-refractivity contribution >= 4 is 5.78 Å². The van der Waals surface area contributed by atoms with E-state index in [-0.39, 0.29) is 24.5 Å². The minimum Gasteiger partial charge on any atom is -0.493 e. The van der Waals surface area contributed by atoms with Crippen LogP contribution in [-0.2, 0) is 17.6 Å². The molecular formula is C17H20F2O2. The lowest BCUT2D eigenvalue weighted by Gasteiger charge is -2.27. The van der Waals surface area contributed by atoms with Gasteiger partial charge in [0.05, 0.1) is 6.61 Å². The summed E-state index contributed by atoms with van der Waals surface area (Å²) in [4.78, 5) is 12.1. The first-order valence-corrected chi connectivity index (χ1v) is 7.69. The summed E-state index contributed by atoms with van der Waals surface area (Å²) in [6, 6.07) is 6.06. The standard InChI is InChI=1S/C17H20F2O2/c18-17(19)8-5-13(6-9-17)15(20)3-1-12-2-4-16-14(11-12)7-10-21-16/h2,4,11,13H,1,3,5-10H2. The number of Topliss-reactive ketones (excluding diaryl/α,β-unsaturated/α-hetero) is 1. The molecule has 114 valence electrons. The number of aryl methyl sites for hydroxylation is 1. The number of ether oxygens (including phenoxy) is 1. The Bertz CT molecular complexity index is 530. The fourth-order valence-corrected chi connectivity index (χ4v) is 3.23. The second kappa shape index (κ2) is 5.74. The predicted octanol–water partition coefficient (Wildman–Crippen LogP) is 3.95. The van der Waals surface area contributed by atoms with Gasteiger partial charge < -0.3 is 4.74 Å². The highest BCUT2D eigenvalue weighted by Gasteiger charge is 2.36. The Morgan fingerprint density at radius 3 is 2.81 bits per heavy atom. The fourth-order valence-electron chi connectivity index (χ4n) is 3.23. The van der Waals surface area contributed by atoms with Crippen molar-refractivity contribution in [2.75, 3.05) is 6.61 Å². The summed E-state index contributed by atoms with van der Waals surface area (Å²) >= 11 is 0. The van der Waals surface area contributed by atoms with Crippen LogP contribution in [0.1, 0.15) is 43.2 Å². The van der Waals surface area contributed by atoms with Crippen LogP contribution < -0.4 is 4.74 Å². The van der Waals surface area contributed by atoms with Crippen molar-refractivity contribution in [3.63, 3.8) is 0 Å². The molecule has 4 heteroatoms. The second-order valence-corrected chi connectivity index (χ2v) is 6.14. The smallest absolute Gasteiger partial charge is 0.248 e. The molecule has 0 radical (unpaired) electrons. The van der Waals surface area contributed by atoms with Crippen LogP contribution >= 0.6 is 0 Å². The zero-order valence-electron chi connectivity index (χ0n) is 12.0. The second-order valence-electron chi connectivity index (χ2n) is 6.14. The van der Waals surface area contributed by atoms with E-state index in [1.807, 2.05) is 12.1 Å². The van der Waals surface area contributed by atoms with E-state index in [0.29, 0.717) is 25.7 Å². The van der Waals surface area contributed by atoms with Crippen molar-refractivity contribution in [2.45, 2.75) is 50.9 Å². The van der Waals surface area contributed by atoms with E-state index in [1.165, 1.54) is 5.56 Å². The van der Waals surface area contributed by atoms with Gasteiger partial charge in [-0.05, 0) is 36.5 Å². The zero-order valence-corrected chi connectivity index (χ0v) is 12.0. The van der Waals surface area contributed by atoms with Crippen molar-refractivity contribution in [3.05, 3.63) is 29.3 Å². The third-order valence-electron chi connectivity index (χ3n) is 4.59. The highest BCUT2D eigenvalue weighted by Crippen LogP contribution is 2.37. The molecule has 1 saturated carbocycles. The number of benzene rings is 1. The third-order valence-corrected chi connectivity index (χ3v) is 4.59. The molecule has 0 saturated heterocycles. The van der Waals surface area contributed by atoms with Crippen molar-refractivity contribution in [1.82, 2.24) is 0 Å². The first kappa shape index (κ1) is 14.5. The van der Waals surface area contributed by atoms with E-state index in [4.69, 9.17) is 4.74 Å². The molecule has 1 aromatic carbocycles. The molecule has 0 bridgehead atoms. The highest BCUT2D eigenvalue weighted by molar-refractivity contribution is 5.81. The normalized spacial score (nSPS) is 20.9. The number of alkyl halides is 2. The number of halogens is 2. The Kier molecular flexibility index (Phi) is 3.96. The van der Waals surface area contributed by atoms with E-state index in [1.54, 1.807) is 0 Å². The number of rotatable bonds is 4. The summed E-state index contributed by atoms with van der Waals surface area (Å²) in [6.07, 6.45) is 2.47. The largest absolute Gasteiger partial charge is 0.493 e. The molecule has 1 aliphatic carbocycles. The maximum absolute atomic E-state index is 13.1. The molecule has 0 unspecified atom stereocenters. The fraction of sp³-hybridized carbons (Fsp3) is 0.588. The Hall–Kier alpha value is -1.45. The number of ketones is 1. The molecule has 0 N–H and O–H groups in total. The quantitative estimate of drug-likeness (QED) is 0.840. The van der Waals surface area contributed by atoms with Crippen LogP contribution in [0.5, 0.6) is 5.75 Å². The molecule has 0 amide bonds. The van der Waals surface area contributed by atoms with Crippen LogP contribution in [0.25, 0.3) is 0 Å². The van der Waals surface area contributed by atoms with E-state index in [9.17, 15) is 13.6 Å². The summed E-state index contributed by atoms with van der Waals surface area (Å²) in [5.41, 5.74) is 2.34. The SMILES string of the molecule is O=C(CCc1ccc2c(c1)CCO2)C1CCC(F)(F)CC1. The summed E-state index contributed by atoms with van der Waals surface area (Å²) in [7, 11) is 0. The molecule has 1 fully saturated rings. The number of carbonyl (C=O) groups is 1. The summed E-state index contributed by atoms with van der Waals surface area (Å²) in [6.45, 7) is 0.730. The number of hydrogen-bond acceptors (Lipinski definition) is 2. The van der Waals surface area contributed by atoms with Gasteiger partial charge in [0.25, 0.3) is 0 Å². The zero-order chi connectivity index (χ0) is 14.9. The average molecular weight is 294 g/mol. The van der Waals surface area contributed by atoms with Crippen LogP contribution in [0.4, 0.5) is 8.78 Å². The minimum atomic E-state index is -2.56. The molecule has 1 aliphatic heterocycles. The Morgan fingerprint density at radius 2 is 2.05 bits per heavy atom. The van der Waals surface area contributed by atoms with Crippen LogP contribution in [0, 0.1) is 5.92 Å². The molecule has 3 rings (SSSR count). The third kappa shape index (κ3) is 3.42. The Labute approximate surface area is 123 Å². The van der Waals surface area contributed by atoms with Gasteiger partial charge in [0.2, 0.25) is 5.92 Å². The van der Waals surface area contributed by atoms with Gasteiger partial charge in [-0.25, -0.2) is 8.78 Å². The molecule has 2 nitrogen and oxygen atoms in total. The van der Waals surface area contributed by atoms with Crippen molar-refractivity contribution in [1.29, 1.82) is 0 Å². The van der Waals surface area contributed by atoms with E-state index in [2.05, 4.69) is 6.07 Å². The Balaban J connectivity index is 1.52. The summed E-state index contributed by atoms with van der Waals surface area (Å²) in [5, 5.41) is 0. The minimum absolute atomic E-state index is 0.139. The first-order valence-electron chi connectivity index (χ1n) is 7.69. The molecule has 2 aliphatic rings. The maximum Gasteiger partial charge on any atom is 0.248 e. The van der Waals surface area contributed by atoms with Gasteiger partial charge in [0.15, 0.2) is 0 Å². The molecular weight excluding hydrogens is 274 g/mol. The first-order chi connectivity index (χ1) is 10.0. The molecule has 21 heavy (non-hydrogen) atoms. The van der Waals surface area contributed by atoms with Gasteiger partial charge in [0.1, 0.15) is 11.5 Å². The number of hydrogen-bond donors (Lipinski definition) is 0. The number of carbonyl (C=O) groups excluding carboxylic acids is 1. The van der Waals surface area contributed by atoms with Crippen molar-refractivity contribution < 1.29 is 18.3 Å². The monoisotopic (exact) mass is 294 g/mol. The van der Waals surface area contributed by atoms with E-state index >= 15 is 0 Å². The Morgan fingerprint density at radius 1 is 1.29 bits per heavy atom. The highest BCUT2D eigenvalue weighted by atomic mass is 19.3. The maximum atomic E-state index is 13.1. The average Bonchev–Trinajstić information content (AvgIpc) is 2.92. The van der Waals surface area contributed by atoms with Gasteiger partial charge in [-0.2, -0.15) is 0 Å². The molecule has 0 atom stereocenters.